The van der Waals surface area contributed by atoms with Crippen molar-refractivity contribution in [2.45, 2.75) is 26.2 Å². The van der Waals surface area contributed by atoms with Gasteiger partial charge in [0.15, 0.2) is 5.65 Å². The lowest BCUT2D eigenvalue weighted by Crippen LogP contribution is -2.36. The molecule has 0 unspecified atom stereocenters. The van der Waals surface area contributed by atoms with E-state index in [2.05, 4.69) is 9.97 Å². The fraction of sp³-hybridized carbons (Fsp3) is 0.545. The Morgan fingerprint density at radius 3 is 2.24 bits per heavy atom. The Hall–Kier alpha value is -1.85. The molecule has 0 bridgehead atoms. The first-order chi connectivity index (χ1) is 7.73. The van der Waals surface area contributed by atoms with E-state index in [4.69, 9.17) is 0 Å². The molecule has 6 nitrogen and oxygen atoms in total. The van der Waals surface area contributed by atoms with E-state index in [1.54, 1.807) is 7.05 Å². The second-order valence-electron chi connectivity index (χ2n) is 5.24. The molecule has 6 heteroatoms. The first-order valence-electron chi connectivity index (χ1n) is 5.39. The SMILES string of the molecule is Cn1c(=O)c2[nH]c(C(C)(C)C)nc2n(C)c1=O. The minimum atomic E-state index is -0.366. The number of aryl methyl sites for hydroxylation is 1. The number of aromatic nitrogens is 4. The molecule has 0 radical (unpaired) electrons. The summed E-state index contributed by atoms with van der Waals surface area (Å²) in [6.45, 7) is 5.98. The lowest BCUT2D eigenvalue weighted by atomic mass is 9.96. The molecule has 0 aliphatic rings. The molecule has 17 heavy (non-hydrogen) atoms. The number of nitrogens with zero attached hydrogens (tertiary/aromatic N) is 3. The Bertz CT molecular complexity index is 697. The maximum atomic E-state index is 11.9. The molecular weight excluding hydrogens is 220 g/mol. The van der Waals surface area contributed by atoms with Crippen molar-refractivity contribution in [2.24, 2.45) is 14.1 Å². The largest absolute Gasteiger partial charge is 0.336 e. The Morgan fingerprint density at radius 1 is 1.12 bits per heavy atom. The van der Waals surface area contributed by atoms with Crippen LogP contribution in [-0.4, -0.2) is 19.1 Å². The van der Waals surface area contributed by atoms with Crippen LogP contribution < -0.4 is 11.2 Å². The molecule has 92 valence electrons. The van der Waals surface area contributed by atoms with Crippen LogP contribution in [0.15, 0.2) is 9.59 Å². The average molecular weight is 236 g/mol. The van der Waals surface area contributed by atoms with Crippen LogP contribution in [0.1, 0.15) is 26.6 Å². The summed E-state index contributed by atoms with van der Waals surface area (Å²) in [5.74, 6) is 0.700. The summed E-state index contributed by atoms with van der Waals surface area (Å²) < 4.78 is 2.45. The molecule has 0 saturated carbocycles. The first kappa shape index (κ1) is 11.6. The topological polar surface area (TPSA) is 72.7 Å². The van der Waals surface area contributed by atoms with Gasteiger partial charge < -0.3 is 4.98 Å². The monoisotopic (exact) mass is 236 g/mol. The van der Waals surface area contributed by atoms with E-state index < -0.39 is 0 Å². The predicted octanol–water partition coefficient (Wildman–Crippen LogP) is 0.258. The fourth-order valence-corrected chi connectivity index (χ4v) is 1.68. The molecule has 0 saturated heterocycles. The Morgan fingerprint density at radius 2 is 1.71 bits per heavy atom. The minimum absolute atomic E-state index is 0.194. The van der Waals surface area contributed by atoms with Gasteiger partial charge in [0.05, 0.1) is 0 Å². The smallest absolute Gasteiger partial charge is 0.332 e. The van der Waals surface area contributed by atoms with Crippen molar-refractivity contribution in [1.82, 2.24) is 19.1 Å². The zero-order valence-corrected chi connectivity index (χ0v) is 10.7. The van der Waals surface area contributed by atoms with Crippen LogP contribution in [0.4, 0.5) is 0 Å². The van der Waals surface area contributed by atoms with Crippen LogP contribution in [0.5, 0.6) is 0 Å². The molecule has 0 fully saturated rings. The number of hydrogen-bond donors (Lipinski definition) is 1. The van der Waals surface area contributed by atoms with Crippen LogP contribution in [0, 0.1) is 0 Å². The summed E-state index contributed by atoms with van der Waals surface area (Å²) in [6, 6.07) is 0. The van der Waals surface area contributed by atoms with Crippen LogP contribution in [-0.2, 0) is 19.5 Å². The molecule has 2 rings (SSSR count). The van der Waals surface area contributed by atoms with Crippen molar-refractivity contribution in [3.63, 3.8) is 0 Å². The number of H-pyrrole nitrogens is 1. The van der Waals surface area contributed by atoms with Gasteiger partial charge in [0.2, 0.25) is 0 Å². The molecule has 1 N–H and O–H groups in total. The van der Waals surface area contributed by atoms with Gasteiger partial charge in [-0.2, -0.15) is 0 Å². The third-order valence-corrected chi connectivity index (χ3v) is 2.81. The number of rotatable bonds is 0. The van der Waals surface area contributed by atoms with Crippen molar-refractivity contribution < 1.29 is 0 Å². The molecule has 0 aromatic carbocycles. The second kappa shape index (κ2) is 3.32. The molecule has 0 aliphatic carbocycles. The highest BCUT2D eigenvalue weighted by Crippen LogP contribution is 2.20. The number of imidazole rings is 1. The van der Waals surface area contributed by atoms with Gasteiger partial charge in [-0.15, -0.1) is 0 Å². The van der Waals surface area contributed by atoms with Crippen LogP contribution in [0.2, 0.25) is 0 Å². The van der Waals surface area contributed by atoms with E-state index >= 15 is 0 Å². The number of aromatic amines is 1. The Balaban J connectivity index is 2.97. The van der Waals surface area contributed by atoms with Gasteiger partial charge in [-0.3, -0.25) is 13.9 Å². The second-order valence-corrected chi connectivity index (χ2v) is 5.24. The summed E-state index contributed by atoms with van der Waals surface area (Å²) in [5, 5.41) is 0. The number of nitrogens with one attached hydrogen (secondary N) is 1. The number of hydrogen-bond acceptors (Lipinski definition) is 3. The molecule has 2 aromatic heterocycles. The molecule has 0 aliphatic heterocycles. The van der Waals surface area contributed by atoms with Gasteiger partial charge in [0.1, 0.15) is 11.3 Å². The van der Waals surface area contributed by atoms with Gasteiger partial charge in [-0.05, 0) is 0 Å². The van der Waals surface area contributed by atoms with Gasteiger partial charge in [-0.1, -0.05) is 20.8 Å². The minimum Gasteiger partial charge on any atom is -0.336 e. The third kappa shape index (κ3) is 1.60. The van der Waals surface area contributed by atoms with E-state index in [9.17, 15) is 9.59 Å². The van der Waals surface area contributed by atoms with Crippen molar-refractivity contribution >= 4 is 11.2 Å². The molecule has 2 aromatic rings. The Kier molecular flexibility index (Phi) is 2.27. The standard InChI is InChI=1S/C11H16N4O2/c1-11(2,3)9-12-6-7(13-9)14(4)10(17)15(5)8(6)16/h1-5H3,(H,12,13). The van der Waals surface area contributed by atoms with Crippen molar-refractivity contribution in [3.8, 4) is 0 Å². The summed E-state index contributed by atoms with van der Waals surface area (Å²) in [6.07, 6.45) is 0. The maximum Gasteiger partial charge on any atom is 0.332 e. The van der Waals surface area contributed by atoms with E-state index in [-0.39, 0.29) is 16.7 Å². The van der Waals surface area contributed by atoms with Gasteiger partial charge in [0, 0.05) is 19.5 Å². The molecular formula is C11H16N4O2. The van der Waals surface area contributed by atoms with E-state index in [1.165, 1.54) is 11.6 Å². The average Bonchev–Trinajstić information content (AvgIpc) is 2.67. The van der Waals surface area contributed by atoms with E-state index in [0.717, 1.165) is 4.57 Å². The molecule has 0 amide bonds. The molecule has 0 spiro atoms. The summed E-state index contributed by atoms with van der Waals surface area (Å²) >= 11 is 0. The fourth-order valence-electron chi connectivity index (χ4n) is 1.68. The highest BCUT2D eigenvalue weighted by Gasteiger charge is 2.21. The maximum absolute atomic E-state index is 11.9. The molecule has 2 heterocycles. The van der Waals surface area contributed by atoms with E-state index in [1.807, 2.05) is 20.8 Å². The Labute approximate surface area is 97.9 Å². The van der Waals surface area contributed by atoms with Crippen LogP contribution >= 0.6 is 0 Å². The highest BCUT2D eigenvalue weighted by molar-refractivity contribution is 5.69. The van der Waals surface area contributed by atoms with Crippen LogP contribution in [0.3, 0.4) is 0 Å². The first-order valence-corrected chi connectivity index (χ1v) is 5.39. The lowest BCUT2D eigenvalue weighted by Gasteiger charge is -2.13. The van der Waals surface area contributed by atoms with Crippen molar-refractivity contribution in [2.75, 3.05) is 0 Å². The summed E-state index contributed by atoms with van der Waals surface area (Å²) in [4.78, 5) is 31.0. The number of fused-ring (bicyclic) bond motifs is 1. The van der Waals surface area contributed by atoms with Gasteiger partial charge in [0.25, 0.3) is 5.56 Å². The summed E-state index contributed by atoms with van der Waals surface area (Å²) in [5.41, 5.74) is -0.122. The normalized spacial score (nSPS) is 12.3. The quantitative estimate of drug-likeness (QED) is 0.713. The van der Waals surface area contributed by atoms with Crippen LogP contribution in [0.25, 0.3) is 11.2 Å². The predicted molar refractivity (Wildman–Crippen MR) is 65.3 cm³/mol. The van der Waals surface area contributed by atoms with Gasteiger partial charge in [-0.25, -0.2) is 9.78 Å². The zero-order valence-electron chi connectivity index (χ0n) is 10.7. The molecule has 0 atom stereocenters. The summed E-state index contributed by atoms with van der Waals surface area (Å²) in [7, 11) is 3.07. The van der Waals surface area contributed by atoms with Gasteiger partial charge >= 0.3 is 5.69 Å². The van der Waals surface area contributed by atoms with Crippen molar-refractivity contribution in [1.29, 1.82) is 0 Å². The lowest BCUT2D eigenvalue weighted by molar-refractivity contribution is 0.554. The van der Waals surface area contributed by atoms with Crippen molar-refractivity contribution in [3.05, 3.63) is 26.7 Å². The third-order valence-electron chi connectivity index (χ3n) is 2.81. The zero-order chi connectivity index (χ0) is 13.0. The van der Waals surface area contributed by atoms with E-state index in [0.29, 0.717) is 17.0 Å². The highest BCUT2D eigenvalue weighted by atomic mass is 16.2.